The molecule has 5 heteroatoms. The first-order valence-corrected chi connectivity index (χ1v) is 3.75. The van der Waals surface area contributed by atoms with Crippen molar-refractivity contribution in [1.29, 1.82) is 0 Å². The average Bonchev–Trinajstić information content (AvgIpc) is 2.46. The Bertz CT molecular complexity index is 330. The fourth-order valence-electron chi connectivity index (χ4n) is 1.02. The van der Waals surface area contributed by atoms with Crippen LogP contribution in [0, 0.1) is 6.92 Å². The zero-order chi connectivity index (χ0) is 9.84. The molecule has 0 N–H and O–H groups in total. The Morgan fingerprint density at radius 1 is 1.77 bits per heavy atom. The van der Waals surface area contributed by atoms with E-state index in [2.05, 4.69) is 9.84 Å². The van der Waals surface area contributed by atoms with Gasteiger partial charge in [-0.3, -0.25) is 4.68 Å². The Kier molecular flexibility index (Phi) is 2.79. The zero-order valence-corrected chi connectivity index (χ0v) is 7.48. The Labute approximate surface area is 75.3 Å². The molecule has 70 valence electrons. The topological polar surface area (TPSA) is 61.2 Å². The highest BCUT2D eigenvalue weighted by molar-refractivity contribution is 5.87. The predicted molar refractivity (Wildman–Crippen MR) is 44.4 cm³/mol. The van der Waals surface area contributed by atoms with Crippen LogP contribution < -0.4 is 0 Å². The monoisotopic (exact) mass is 182 g/mol. The average molecular weight is 182 g/mol. The summed E-state index contributed by atoms with van der Waals surface area (Å²) in [5, 5.41) is 3.95. The van der Waals surface area contributed by atoms with Gasteiger partial charge < -0.3 is 9.53 Å². The molecule has 0 bridgehead atoms. The van der Waals surface area contributed by atoms with E-state index >= 15 is 0 Å². The van der Waals surface area contributed by atoms with Crippen molar-refractivity contribution >= 4 is 12.3 Å². The first kappa shape index (κ1) is 9.44. The minimum Gasteiger partial charge on any atom is -0.464 e. The number of nitrogens with zero attached hydrogens (tertiary/aromatic N) is 2. The maximum atomic E-state index is 11.1. The standard InChI is InChI=1S/C8H10N2O3/c1-6-5-7(8(12)13-2)10(9-6)3-4-11/h4-5H,3H2,1-2H3. The van der Waals surface area contributed by atoms with Gasteiger partial charge in [0.15, 0.2) is 0 Å². The van der Waals surface area contributed by atoms with Crippen LogP contribution in [0.3, 0.4) is 0 Å². The van der Waals surface area contributed by atoms with Crippen LogP contribution in [0.15, 0.2) is 6.07 Å². The van der Waals surface area contributed by atoms with Gasteiger partial charge in [-0.2, -0.15) is 5.10 Å². The van der Waals surface area contributed by atoms with E-state index in [0.29, 0.717) is 17.7 Å². The van der Waals surface area contributed by atoms with Gasteiger partial charge in [-0.15, -0.1) is 0 Å². The molecule has 0 saturated carbocycles. The second kappa shape index (κ2) is 3.84. The third kappa shape index (κ3) is 1.93. The summed E-state index contributed by atoms with van der Waals surface area (Å²) in [6.45, 7) is 1.81. The molecule has 1 rings (SSSR count). The molecule has 13 heavy (non-hydrogen) atoms. The van der Waals surface area contributed by atoms with Crippen molar-refractivity contribution < 1.29 is 14.3 Å². The number of esters is 1. The Morgan fingerprint density at radius 2 is 2.46 bits per heavy atom. The molecular formula is C8H10N2O3. The first-order chi connectivity index (χ1) is 6.19. The summed E-state index contributed by atoms with van der Waals surface area (Å²) in [5.74, 6) is -0.484. The van der Waals surface area contributed by atoms with Gasteiger partial charge in [0.2, 0.25) is 0 Å². The van der Waals surface area contributed by atoms with Gasteiger partial charge in [0.25, 0.3) is 0 Å². The maximum absolute atomic E-state index is 11.1. The van der Waals surface area contributed by atoms with Gasteiger partial charge >= 0.3 is 5.97 Å². The molecule has 0 saturated heterocycles. The smallest absolute Gasteiger partial charge is 0.356 e. The molecule has 0 spiro atoms. The van der Waals surface area contributed by atoms with Crippen LogP contribution in [-0.2, 0) is 16.1 Å². The quantitative estimate of drug-likeness (QED) is 0.494. The molecule has 5 nitrogen and oxygen atoms in total. The summed E-state index contributed by atoms with van der Waals surface area (Å²) >= 11 is 0. The number of aryl methyl sites for hydroxylation is 1. The van der Waals surface area contributed by atoms with Crippen LogP contribution in [0.4, 0.5) is 0 Å². The molecule has 0 aliphatic heterocycles. The highest BCUT2D eigenvalue weighted by atomic mass is 16.5. The van der Waals surface area contributed by atoms with Gasteiger partial charge in [0.05, 0.1) is 19.3 Å². The van der Waals surface area contributed by atoms with Crippen LogP contribution in [0.1, 0.15) is 16.2 Å². The number of carbonyl (C=O) groups is 2. The number of rotatable bonds is 3. The Balaban J connectivity index is 3.03. The SMILES string of the molecule is COC(=O)c1cc(C)nn1CC=O. The van der Waals surface area contributed by atoms with Gasteiger partial charge in [-0.25, -0.2) is 4.79 Å². The summed E-state index contributed by atoms with van der Waals surface area (Å²) < 4.78 is 5.83. The molecule has 0 aliphatic rings. The van der Waals surface area contributed by atoms with Gasteiger partial charge in [-0.05, 0) is 13.0 Å². The molecule has 0 amide bonds. The van der Waals surface area contributed by atoms with E-state index in [4.69, 9.17) is 0 Å². The molecule has 0 atom stereocenters. The highest BCUT2D eigenvalue weighted by Crippen LogP contribution is 2.04. The lowest BCUT2D eigenvalue weighted by Gasteiger charge is -2.00. The molecule has 0 aromatic carbocycles. The van der Waals surface area contributed by atoms with E-state index in [0.717, 1.165) is 0 Å². The summed E-state index contributed by atoms with van der Waals surface area (Å²) in [7, 11) is 1.29. The van der Waals surface area contributed by atoms with E-state index in [-0.39, 0.29) is 6.54 Å². The largest absolute Gasteiger partial charge is 0.464 e. The normalized spacial score (nSPS) is 9.69. The summed E-state index contributed by atoms with van der Waals surface area (Å²) in [6, 6.07) is 1.58. The second-order valence-electron chi connectivity index (χ2n) is 2.51. The van der Waals surface area contributed by atoms with Crippen LogP contribution in [0.25, 0.3) is 0 Å². The van der Waals surface area contributed by atoms with E-state index in [1.807, 2.05) is 0 Å². The van der Waals surface area contributed by atoms with E-state index in [1.54, 1.807) is 13.0 Å². The van der Waals surface area contributed by atoms with Crippen molar-refractivity contribution in [1.82, 2.24) is 9.78 Å². The van der Waals surface area contributed by atoms with Crippen molar-refractivity contribution in [2.45, 2.75) is 13.5 Å². The number of aromatic nitrogens is 2. The lowest BCUT2D eigenvalue weighted by atomic mass is 10.4. The lowest BCUT2D eigenvalue weighted by molar-refractivity contribution is -0.108. The summed E-state index contributed by atoms with van der Waals surface area (Å²) in [6.07, 6.45) is 0.679. The summed E-state index contributed by atoms with van der Waals surface area (Å²) in [4.78, 5) is 21.4. The van der Waals surface area contributed by atoms with Gasteiger partial charge in [0.1, 0.15) is 12.0 Å². The highest BCUT2D eigenvalue weighted by Gasteiger charge is 2.13. The molecule has 0 fully saturated rings. The number of aldehydes is 1. The van der Waals surface area contributed by atoms with Crippen LogP contribution in [-0.4, -0.2) is 29.1 Å². The fraction of sp³-hybridized carbons (Fsp3) is 0.375. The lowest BCUT2D eigenvalue weighted by Crippen LogP contribution is -2.12. The third-order valence-electron chi connectivity index (χ3n) is 1.54. The Morgan fingerprint density at radius 3 is 3.00 bits per heavy atom. The Hall–Kier alpha value is -1.65. The maximum Gasteiger partial charge on any atom is 0.356 e. The fourth-order valence-corrected chi connectivity index (χ4v) is 1.02. The summed E-state index contributed by atoms with van der Waals surface area (Å²) in [5.41, 5.74) is 0.981. The number of hydrogen-bond donors (Lipinski definition) is 0. The van der Waals surface area contributed by atoms with Crippen molar-refractivity contribution in [2.24, 2.45) is 0 Å². The molecule has 0 aliphatic carbocycles. The first-order valence-electron chi connectivity index (χ1n) is 3.75. The zero-order valence-electron chi connectivity index (χ0n) is 7.48. The number of carbonyl (C=O) groups excluding carboxylic acids is 2. The molecule has 1 heterocycles. The number of ether oxygens (including phenoxy) is 1. The van der Waals surface area contributed by atoms with E-state index in [9.17, 15) is 9.59 Å². The van der Waals surface area contributed by atoms with Crippen molar-refractivity contribution in [3.8, 4) is 0 Å². The van der Waals surface area contributed by atoms with E-state index < -0.39 is 5.97 Å². The van der Waals surface area contributed by atoms with Gasteiger partial charge in [0, 0.05) is 0 Å². The van der Waals surface area contributed by atoms with Crippen LogP contribution >= 0.6 is 0 Å². The third-order valence-corrected chi connectivity index (χ3v) is 1.54. The van der Waals surface area contributed by atoms with Crippen molar-refractivity contribution in [2.75, 3.05) is 7.11 Å². The van der Waals surface area contributed by atoms with E-state index in [1.165, 1.54) is 11.8 Å². The second-order valence-corrected chi connectivity index (χ2v) is 2.51. The molecule has 0 unspecified atom stereocenters. The molecule has 0 radical (unpaired) electrons. The van der Waals surface area contributed by atoms with Crippen molar-refractivity contribution in [3.05, 3.63) is 17.5 Å². The minimum absolute atomic E-state index is 0.0677. The molecule has 1 aromatic heterocycles. The number of methoxy groups -OCH3 is 1. The molecule has 1 aromatic rings. The minimum atomic E-state index is -0.484. The van der Waals surface area contributed by atoms with Crippen LogP contribution in [0.2, 0.25) is 0 Å². The van der Waals surface area contributed by atoms with Crippen molar-refractivity contribution in [3.63, 3.8) is 0 Å². The van der Waals surface area contributed by atoms with Gasteiger partial charge in [-0.1, -0.05) is 0 Å². The predicted octanol–water partition coefficient (Wildman–Crippen LogP) is 0.177. The number of hydrogen-bond acceptors (Lipinski definition) is 4. The van der Waals surface area contributed by atoms with Crippen LogP contribution in [0.5, 0.6) is 0 Å². The molecular weight excluding hydrogens is 172 g/mol.